The van der Waals surface area contributed by atoms with Crippen molar-refractivity contribution in [2.75, 3.05) is 6.26 Å². The van der Waals surface area contributed by atoms with Crippen LogP contribution >= 0.6 is 0 Å². The molecular formula is C20H18O5S. The van der Waals surface area contributed by atoms with Gasteiger partial charge in [0.25, 0.3) is 0 Å². The van der Waals surface area contributed by atoms with E-state index >= 15 is 0 Å². The lowest BCUT2D eigenvalue weighted by atomic mass is 9.90. The van der Waals surface area contributed by atoms with Crippen LogP contribution in [0, 0.1) is 0 Å². The summed E-state index contributed by atoms with van der Waals surface area (Å²) < 4.78 is 29.2. The predicted octanol–water partition coefficient (Wildman–Crippen LogP) is 3.15. The SMILES string of the molecule is CC1(C)OC(c2ccc(S(C)(=O)=O)cc2)=C(c2ccccc2C=O)C1=O. The molecule has 0 unspecified atom stereocenters. The van der Waals surface area contributed by atoms with Gasteiger partial charge < -0.3 is 4.74 Å². The minimum absolute atomic E-state index is 0.181. The Morgan fingerprint density at radius 3 is 2.19 bits per heavy atom. The van der Waals surface area contributed by atoms with Gasteiger partial charge in [-0.15, -0.1) is 0 Å². The van der Waals surface area contributed by atoms with E-state index in [0.717, 1.165) is 6.26 Å². The van der Waals surface area contributed by atoms with Crippen molar-refractivity contribution in [3.05, 3.63) is 65.2 Å². The smallest absolute Gasteiger partial charge is 0.210 e. The molecule has 1 heterocycles. The van der Waals surface area contributed by atoms with E-state index in [2.05, 4.69) is 0 Å². The summed E-state index contributed by atoms with van der Waals surface area (Å²) in [6.07, 6.45) is 1.83. The van der Waals surface area contributed by atoms with Crippen LogP contribution in [-0.4, -0.2) is 32.3 Å². The molecule has 0 aromatic heterocycles. The van der Waals surface area contributed by atoms with Crippen LogP contribution in [0.2, 0.25) is 0 Å². The van der Waals surface area contributed by atoms with E-state index in [0.29, 0.717) is 34.3 Å². The molecule has 134 valence electrons. The number of hydrogen-bond acceptors (Lipinski definition) is 5. The van der Waals surface area contributed by atoms with Crippen molar-refractivity contribution in [1.82, 2.24) is 0 Å². The Morgan fingerprint density at radius 2 is 1.62 bits per heavy atom. The zero-order valence-electron chi connectivity index (χ0n) is 14.6. The predicted molar refractivity (Wildman–Crippen MR) is 98.4 cm³/mol. The maximum absolute atomic E-state index is 12.9. The van der Waals surface area contributed by atoms with Crippen LogP contribution < -0.4 is 0 Å². The van der Waals surface area contributed by atoms with Gasteiger partial charge in [0.1, 0.15) is 5.76 Å². The van der Waals surface area contributed by atoms with Gasteiger partial charge in [-0.05, 0) is 43.7 Å². The first-order chi connectivity index (χ1) is 12.1. The number of carbonyl (C=O) groups is 2. The molecule has 0 N–H and O–H groups in total. The van der Waals surface area contributed by atoms with Crippen LogP contribution in [-0.2, 0) is 19.4 Å². The Labute approximate surface area is 152 Å². The third-order valence-corrected chi connectivity index (χ3v) is 5.39. The molecule has 0 saturated carbocycles. The highest BCUT2D eigenvalue weighted by Gasteiger charge is 2.43. The van der Waals surface area contributed by atoms with Gasteiger partial charge in [0, 0.05) is 17.4 Å². The van der Waals surface area contributed by atoms with Crippen LogP contribution in [0.4, 0.5) is 0 Å². The highest BCUT2D eigenvalue weighted by molar-refractivity contribution is 7.90. The Bertz CT molecular complexity index is 1030. The molecule has 0 aliphatic carbocycles. The molecule has 26 heavy (non-hydrogen) atoms. The highest BCUT2D eigenvalue weighted by atomic mass is 32.2. The van der Waals surface area contributed by atoms with Gasteiger partial charge in [-0.25, -0.2) is 8.42 Å². The summed E-state index contributed by atoms with van der Waals surface area (Å²) in [5, 5.41) is 0. The maximum Gasteiger partial charge on any atom is 0.210 e. The monoisotopic (exact) mass is 370 g/mol. The van der Waals surface area contributed by atoms with Gasteiger partial charge in [0.2, 0.25) is 5.78 Å². The first-order valence-electron chi connectivity index (χ1n) is 7.98. The lowest BCUT2D eigenvalue weighted by Crippen LogP contribution is -2.29. The number of ether oxygens (including phenoxy) is 1. The molecule has 2 aromatic rings. The van der Waals surface area contributed by atoms with Crippen molar-refractivity contribution < 1.29 is 22.7 Å². The fourth-order valence-electron chi connectivity index (χ4n) is 2.89. The minimum atomic E-state index is -3.32. The summed E-state index contributed by atoms with van der Waals surface area (Å²) in [5.74, 6) is 0.114. The third kappa shape index (κ3) is 3.08. The molecule has 6 heteroatoms. The molecule has 1 aliphatic rings. The molecule has 0 spiro atoms. The Hall–Kier alpha value is -2.73. The van der Waals surface area contributed by atoms with E-state index in [1.807, 2.05) is 0 Å². The van der Waals surface area contributed by atoms with Crippen molar-refractivity contribution in [1.29, 1.82) is 0 Å². The first-order valence-corrected chi connectivity index (χ1v) is 9.87. The standard InChI is InChI=1S/C20H18O5S/c1-20(2)19(22)17(16-7-5-4-6-14(16)12-21)18(25-20)13-8-10-15(11-9-13)26(3,23)24/h4-12H,1-3H3. The molecule has 0 radical (unpaired) electrons. The number of aldehydes is 1. The second-order valence-electron chi connectivity index (χ2n) is 6.65. The van der Waals surface area contributed by atoms with Crippen molar-refractivity contribution in [3.8, 4) is 0 Å². The molecule has 1 aliphatic heterocycles. The molecule has 0 bridgehead atoms. The molecule has 2 aromatic carbocycles. The van der Waals surface area contributed by atoms with E-state index < -0.39 is 15.4 Å². The summed E-state index contributed by atoms with van der Waals surface area (Å²) in [6, 6.07) is 13.0. The zero-order chi connectivity index (χ0) is 19.1. The molecule has 0 fully saturated rings. The maximum atomic E-state index is 12.9. The number of benzene rings is 2. The molecular weight excluding hydrogens is 352 g/mol. The largest absolute Gasteiger partial charge is 0.478 e. The second kappa shape index (κ2) is 6.21. The Morgan fingerprint density at radius 1 is 1.00 bits per heavy atom. The van der Waals surface area contributed by atoms with E-state index in [1.165, 1.54) is 12.1 Å². The summed E-state index contributed by atoms with van der Waals surface area (Å²) in [7, 11) is -3.32. The molecule has 0 amide bonds. The average molecular weight is 370 g/mol. The van der Waals surface area contributed by atoms with Crippen LogP contribution in [0.25, 0.3) is 11.3 Å². The number of Topliss-reactive ketones (excluding diaryl/α,β-unsaturated/α-hetero) is 1. The number of hydrogen-bond donors (Lipinski definition) is 0. The first kappa shape index (κ1) is 18.1. The van der Waals surface area contributed by atoms with Crippen LogP contribution in [0.15, 0.2) is 53.4 Å². The number of ketones is 1. The second-order valence-corrected chi connectivity index (χ2v) is 8.66. The summed E-state index contributed by atoms with van der Waals surface area (Å²) in [4.78, 5) is 24.5. The van der Waals surface area contributed by atoms with Gasteiger partial charge in [-0.3, -0.25) is 9.59 Å². The zero-order valence-corrected chi connectivity index (χ0v) is 15.5. The Kier molecular flexibility index (Phi) is 4.32. The average Bonchev–Trinajstić information content (AvgIpc) is 2.84. The minimum Gasteiger partial charge on any atom is -0.478 e. The topological polar surface area (TPSA) is 77.5 Å². The summed E-state index contributed by atoms with van der Waals surface area (Å²) in [6.45, 7) is 3.33. The van der Waals surface area contributed by atoms with Gasteiger partial charge in [-0.2, -0.15) is 0 Å². The third-order valence-electron chi connectivity index (χ3n) is 4.26. The van der Waals surface area contributed by atoms with Gasteiger partial charge in [-0.1, -0.05) is 24.3 Å². The van der Waals surface area contributed by atoms with Crippen molar-refractivity contribution in [2.45, 2.75) is 24.3 Å². The quantitative estimate of drug-likeness (QED) is 0.773. The van der Waals surface area contributed by atoms with Gasteiger partial charge in [0.05, 0.1) is 10.5 Å². The van der Waals surface area contributed by atoms with Gasteiger partial charge >= 0.3 is 0 Å². The highest BCUT2D eigenvalue weighted by Crippen LogP contribution is 2.42. The number of rotatable bonds is 4. The summed E-state index contributed by atoms with van der Waals surface area (Å²) >= 11 is 0. The number of carbonyl (C=O) groups excluding carboxylic acids is 2. The molecule has 3 rings (SSSR count). The van der Waals surface area contributed by atoms with Crippen LogP contribution in [0.1, 0.15) is 35.3 Å². The lowest BCUT2D eigenvalue weighted by molar-refractivity contribution is -0.125. The van der Waals surface area contributed by atoms with Crippen LogP contribution in [0.3, 0.4) is 0 Å². The number of sulfone groups is 1. The van der Waals surface area contributed by atoms with Crippen molar-refractivity contribution in [2.24, 2.45) is 0 Å². The van der Waals surface area contributed by atoms with Crippen molar-refractivity contribution in [3.63, 3.8) is 0 Å². The fraction of sp³-hybridized carbons (Fsp3) is 0.200. The fourth-order valence-corrected chi connectivity index (χ4v) is 3.52. The van der Waals surface area contributed by atoms with E-state index in [9.17, 15) is 18.0 Å². The van der Waals surface area contributed by atoms with Crippen molar-refractivity contribution >= 4 is 33.2 Å². The Balaban J connectivity index is 2.22. The summed E-state index contributed by atoms with van der Waals surface area (Å²) in [5.41, 5.74) is 0.718. The molecule has 0 atom stereocenters. The normalized spacial score (nSPS) is 16.5. The molecule has 5 nitrogen and oxygen atoms in total. The van der Waals surface area contributed by atoms with Gasteiger partial charge in [0.15, 0.2) is 21.7 Å². The van der Waals surface area contributed by atoms with E-state index in [1.54, 1.807) is 50.2 Å². The van der Waals surface area contributed by atoms with E-state index in [-0.39, 0.29) is 10.7 Å². The lowest BCUT2D eigenvalue weighted by Gasteiger charge is -2.18. The van der Waals surface area contributed by atoms with Crippen LogP contribution in [0.5, 0.6) is 0 Å². The molecule has 0 saturated heterocycles. The van der Waals surface area contributed by atoms with E-state index in [4.69, 9.17) is 4.74 Å².